The highest BCUT2D eigenvalue weighted by Gasteiger charge is 2.30. The van der Waals surface area contributed by atoms with E-state index in [9.17, 15) is 14.0 Å². The number of unbranched alkanes of at least 4 members (excludes halogenated alkanes) is 1. The summed E-state index contributed by atoms with van der Waals surface area (Å²) >= 11 is 0. The van der Waals surface area contributed by atoms with Gasteiger partial charge in [-0.15, -0.1) is 0 Å². The molecule has 0 amide bonds. The largest absolute Gasteiger partial charge is 0.481 e. The first-order valence-electron chi connectivity index (χ1n) is 9.84. The van der Waals surface area contributed by atoms with Crippen molar-refractivity contribution in [2.75, 3.05) is 0 Å². The minimum atomic E-state index is -0.823. The van der Waals surface area contributed by atoms with E-state index < -0.39 is 5.97 Å². The molecule has 2 aromatic carbocycles. The molecule has 1 aliphatic rings. The van der Waals surface area contributed by atoms with Crippen molar-refractivity contribution in [3.63, 3.8) is 0 Å². The summed E-state index contributed by atoms with van der Waals surface area (Å²) in [5.41, 5.74) is 4.12. The van der Waals surface area contributed by atoms with E-state index in [1.54, 1.807) is 30.3 Å². The average Bonchev–Trinajstić information content (AvgIpc) is 3.55. The maximum absolute atomic E-state index is 13.3. The fourth-order valence-electron chi connectivity index (χ4n) is 3.41. The van der Waals surface area contributed by atoms with Gasteiger partial charge in [-0.05, 0) is 74.6 Å². The second-order valence-electron chi connectivity index (χ2n) is 7.47. The number of hydrogen-bond acceptors (Lipinski definition) is 4. The number of aryl methyl sites for hydroxylation is 1. The number of aromatic nitrogens is 2. The van der Waals surface area contributed by atoms with E-state index in [1.165, 1.54) is 12.1 Å². The summed E-state index contributed by atoms with van der Waals surface area (Å²) in [5, 5.41) is 8.85. The number of carboxylic acid groups (broad SMARTS) is 1. The van der Waals surface area contributed by atoms with E-state index in [0.29, 0.717) is 41.6 Å². The number of benzene rings is 2. The summed E-state index contributed by atoms with van der Waals surface area (Å²) in [4.78, 5) is 32.7. The maximum atomic E-state index is 13.3. The Morgan fingerprint density at radius 1 is 1.00 bits per heavy atom. The number of carbonyl (C=O) groups is 2. The molecule has 1 aromatic heterocycles. The van der Waals surface area contributed by atoms with Gasteiger partial charge < -0.3 is 5.11 Å². The topological polar surface area (TPSA) is 80.1 Å². The highest BCUT2D eigenvalue weighted by atomic mass is 19.1. The molecule has 1 aliphatic carbocycles. The summed E-state index contributed by atoms with van der Waals surface area (Å²) < 4.78 is 13.3. The molecule has 0 saturated heterocycles. The van der Waals surface area contributed by atoms with Crippen LogP contribution in [-0.2, 0) is 11.2 Å². The summed E-state index contributed by atoms with van der Waals surface area (Å²) in [6, 6.07) is 11.5. The predicted octanol–water partition coefficient (Wildman–Crippen LogP) is 4.83. The van der Waals surface area contributed by atoms with Gasteiger partial charge in [0.05, 0.1) is 22.4 Å². The molecule has 1 fully saturated rings. The summed E-state index contributed by atoms with van der Waals surface area (Å²) in [7, 11) is 0. The van der Waals surface area contributed by atoms with Crippen molar-refractivity contribution in [3.8, 4) is 11.3 Å². The normalized spacial score (nSPS) is 13.6. The number of aliphatic carboxylic acids is 1. The van der Waals surface area contributed by atoms with Gasteiger partial charge in [0.2, 0.25) is 0 Å². The summed E-state index contributed by atoms with van der Waals surface area (Å²) in [6.45, 7) is 0. The Kier molecular flexibility index (Phi) is 5.34. The highest BCUT2D eigenvalue weighted by molar-refractivity contribution is 6.01. The van der Waals surface area contributed by atoms with E-state index in [4.69, 9.17) is 15.1 Å². The zero-order valence-electron chi connectivity index (χ0n) is 15.9. The zero-order valence-corrected chi connectivity index (χ0v) is 15.9. The highest BCUT2D eigenvalue weighted by Crippen LogP contribution is 2.33. The van der Waals surface area contributed by atoms with Crippen molar-refractivity contribution < 1.29 is 19.1 Å². The molecule has 0 atom stereocenters. The van der Waals surface area contributed by atoms with Gasteiger partial charge in [-0.3, -0.25) is 9.59 Å². The van der Waals surface area contributed by atoms with Crippen LogP contribution in [0.5, 0.6) is 0 Å². The Morgan fingerprint density at radius 2 is 1.76 bits per heavy atom. The van der Waals surface area contributed by atoms with Gasteiger partial charge in [0.15, 0.2) is 5.78 Å². The van der Waals surface area contributed by atoms with Gasteiger partial charge in [-0.2, -0.15) is 0 Å². The van der Waals surface area contributed by atoms with Crippen molar-refractivity contribution in [1.82, 2.24) is 9.97 Å². The molecule has 0 spiro atoms. The van der Waals surface area contributed by atoms with Crippen LogP contribution in [0.15, 0.2) is 42.5 Å². The number of ketones is 1. The molecule has 6 heteroatoms. The average molecular weight is 392 g/mol. The lowest BCUT2D eigenvalue weighted by Crippen LogP contribution is -2.04. The molecular weight excluding hydrogens is 371 g/mol. The van der Waals surface area contributed by atoms with E-state index in [0.717, 1.165) is 24.1 Å². The van der Waals surface area contributed by atoms with Crippen molar-refractivity contribution in [1.29, 1.82) is 0 Å². The van der Waals surface area contributed by atoms with Crippen LogP contribution in [0.2, 0.25) is 0 Å². The van der Waals surface area contributed by atoms with Crippen LogP contribution >= 0.6 is 0 Å². The molecule has 0 bridgehead atoms. The van der Waals surface area contributed by atoms with Crippen LogP contribution < -0.4 is 0 Å². The maximum Gasteiger partial charge on any atom is 0.303 e. The van der Waals surface area contributed by atoms with Crippen molar-refractivity contribution in [3.05, 3.63) is 59.5 Å². The van der Waals surface area contributed by atoms with Crippen LogP contribution in [-0.4, -0.2) is 26.8 Å². The number of nitrogens with zero attached hydrogens (tertiary/aromatic N) is 2. The van der Waals surface area contributed by atoms with Gasteiger partial charge in [-0.25, -0.2) is 14.4 Å². The lowest BCUT2D eigenvalue weighted by atomic mass is 10.0. The van der Waals surface area contributed by atoms with Gasteiger partial charge in [0.1, 0.15) is 5.82 Å². The van der Waals surface area contributed by atoms with Crippen molar-refractivity contribution in [2.24, 2.45) is 5.92 Å². The van der Waals surface area contributed by atoms with E-state index in [1.807, 2.05) is 0 Å². The van der Waals surface area contributed by atoms with Crippen LogP contribution in [0.3, 0.4) is 0 Å². The molecule has 1 N–H and O–H groups in total. The standard InChI is InChI=1S/C23H21FN2O3/c24-17-10-7-14(8-11-17)22-19(3-1-2-4-21(27)28)25-20-13-16(9-12-18(20)26-22)23(29)15-5-6-15/h7-13,15H,1-6H2,(H,27,28). The minimum Gasteiger partial charge on any atom is -0.481 e. The summed E-state index contributed by atoms with van der Waals surface area (Å²) in [5.74, 6) is -0.862. The molecule has 4 rings (SSSR count). The van der Waals surface area contributed by atoms with E-state index >= 15 is 0 Å². The van der Waals surface area contributed by atoms with Crippen molar-refractivity contribution in [2.45, 2.75) is 38.5 Å². The molecule has 1 heterocycles. The molecule has 0 aliphatic heterocycles. The Hall–Kier alpha value is -3.15. The quantitative estimate of drug-likeness (QED) is 0.439. The molecular formula is C23H21FN2O3. The van der Waals surface area contributed by atoms with Crippen LogP contribution in [0.1, 0.15) is 48.2 Å². The predicted molar refractivity (Wildman–Crippen MR) is 107 cm³/mol. The van der Waals surface area contributed by atoms with E-state index in [2.05, 4.69) is 0 Å². The number of Topliss-reactive ketones (excluding diaryl/α,β-unsaturated/α-hetero) is 1. The Morgan fingerprint density at radius 3 is 2.45 bits per heavy atom. The van der Waals surface area contributed by atoms with Crippen LogP contribution in [0.4, 0.5) is 4.39 Å². The molecule has 0 radical (unpaired) electrons. The molecule has 1 saturated carbocycles. The first kappa shape index (κ1) is 19.2. The Bertz CT molecular complexity index is 1080. The van der Waals surface area contributed by atoms with Gasteiger partial charge in [0.25, 0.3) is 0 Å². The van der Waals surface area contributed by atoms with Crippen LogP contribution in [0, 0.1) is 11.7 Å². The molecule has 3 aromatic rings. The van der Waals surface area contributed by atoms with E-state index in [-0.39, 0.29) is 23.9 Å². The van der Waals surface area contributed by atoms with Gasteiger partial charge in [0, 0.05) is 23.5 Å². The van der Waals surface area contributed by atoms with Gasteiger partial charge >= 0.3 is 5.97 Å². The number of fused-ring (bicyclic) bond motifs is 1. The van der Waals surface area contributed by atoms with Gasteiger partial charge in [-0.1, -0.05) is 0 Å². The monoisotopic (exact) mass is 392 g/mol. The number of halogens is 1. The number of carbonyl (C=O) groups excluding carboxylic acids is 1. The Labute approximate surface area is 167 Å². The SMILES string of the molecule is O=C(O)CCCCc1nc2cc(C(=O)C3CC3)ccc2nc1-c1ccc(F)cc1. The van der Waals surface area contributed by atoms with Crippen molar-refractivity contribution >= 4 is 22.8 Å². The third-order valence-electron chi connectivity index (χ3n) is 5.14. The second-order valence-corrected chi connectivity index (χ2v) is 7.47. The molecule has 0 unspecified atom stereocenters. The fourth-order valence-corrected chi connectivity index (χ4v) is 3.41. The third kappa shape index (κ3) is 4.47. The molecule has 148 valence electrons. The number of hydrogen-bond donors (Lipinski definition) is 1. The molecule has 29 heavy (non-hydrogen) atoms. The minimum absolute atomic E-state index is 0.104. The number of carboxylic acids is 1. The lowest BCUT2D eigenvalue weighted by molar-refractivity contribution is -0.137. The fraction of sp³-hybridized carbons (Fsp3) is 0.304. The molecule has 5 nitrogen and oxygen atoms in total. The summed E-state index contributed by atoms with van der Waals surface area (Å²) in [6.07, 6.45) is 3.75. The Balaban J connectivity index is 1.71. The lowest BCUT2D eigenvalue weighted by Gasteiger charge is -2.11. The first-order valence-corrected chi connectivity index (χ1v) is 9.84. The first-order chi connectivity index (χ1) is 14.0. The second kappa shape index (κ2) is 8.07. The number of rotatable bonds is 8. The smallest absolute Gasteiger partial charge is 0.303 e. The third-order valence-corrected chi connectivity index (χ3v) is 5.14. The zero-order chi connectivity index (χ0) is 20.4. The van der Waals surface area contributed by atoms with Crippen LogP contribution in [0.25, 0.3) is 22.3 Å².